The monoisotopic (exact) mass is 259 g/mol. The number of fused-ring (bicyclic) bond motifs is 1. The van der Waals surface area contributed by atoms with E-state index in [1.165, 1.54) is 5.56 Å². The zero-order valence-electron chi connectivity index (χ0n) is 12.2. The van der Waals surface area contributed by atoms with Gasteiger partial charge in [0.2, 0.25) is 0 Å². The number of nitrogens with one attached hydrogen (secondary N) is 1. The molecular formula is C16H25N3. The molecule has 104 valence electrons. The molecule has 1 atom stereocenters. The van der Waals surface area contributed by atoms with Gasteiger partial charge >= 0.3 is 0 Å². The molecule has 0 fully saturated rings. The van der Waals surface area contributed by atoms with Gasteiger partial charge in [-0.1, -0.05) is 19.9 Å². The molecule has 3 heteroatoms. The van der Waals surface area contributed by atoms with Gasteiger partial charge in [0.25, 0.3) is 0 Å². The van der Waals surface area contributed by atoms with Gasteiger partial charge in [0.05, 0.1) is 11.0 Å². The minimum absolute atomic E-state index is 0.690. The molecule has 0 aliphatic heterocycles. The van der Waals surface area contributed by atoms with Crippen molar-refractivity contribution >= 4 is 11.0 Å². The Balaban J connectivity index is 2.04. The lowest BCUT2D eigenvalue weighted by Crippen LogP contribution is -2.15. The van der Waals surface area contributed by atoms with Crippen molar-refractivity contribution in [1.29, 1.82) is 0 Å². The molecule has 1 unspecified atom stereocenters. The standard InChI is InChI=1S/C16H25N3/c1-11(2)13(8-9-17)5-7-16-18-14-6-4-12(3)10-15(14)19-16/h4,6,10-11,13H,5,7-9,17H2,1-3H3,(H,18,19). The molecule has 0 aliphatic rings. The third-order valence-electron chi connectivity index (χ3n) is 3.92. The van der Waals surface area contributed by atoms with Gasteiger partial charge in [0, 0.05) is 6.42 Å². The van der Waals surface area contributed by atoms with Gasteiger partial charge in [-0.2, -0.15) is 0 Å². The van der Waals surface area contributed by atoms with Gasteiger partial charge in [0.15, 0.2) is 0 Å². The van der Waals surface area contributed by atoms with E-state index in [-0.39, 0.29) is 0 Å². The number of hydrogen-bond acceptors (Lipinski definition) is 2. The molecule has 3 nitrogen and oxygen atoms in total. The highest BCUT2D eigenvalue weighted by Crippen LogP contribution is 2.21. The zero-order chi connectivity index (χ0) is 13.8. The highest BCUT2D eigenvalue weighted by Gasteiger charge is 2.13. The van der Waals surface area contributed by atoms with Crippen molar-refractivity contribution in [2.24, 2.45) is 17.6 Å². The summed E-state index contributed by atoms with van der Waals surface area (Å²) < 4.78 is 0. The van der Waals surface area contributed by atoms with E-state index in [1.54, 1.807) is 0 Å². The minimum Gasteiger partial charge on any atom is -0.342 e. The van der Waals surface area contributed by atoms with Gasteiger partial charge in [-0.25, -0.2) is 4.98 Å². The second-order valence-electron chi connectivity index (χ2n) is 5.82. The Bertz CT molecular complexity index is 528. The Kier molecular flexibility index (Phi) is 4.59. The van der Waals surface area contributed by atoms with Crippen LogP contribution in [-0.4, -0.2) is 16.5 Å². The van der Waals surface area contributed by atoms with Crippen LogP contribution in [-0.2, 0) is 6.42 Å². The van der Waals surface area contributed by atoms with Crippen molar-refractivity contribution in [3.8, 4) is 0 Å². The number of aromatic amines is 1. The fraction of sp³-hybridized carbons (Fsp3) is 0.562. The number of rotatable bonds is 6. The first-order valence-corrected chi connectivity index (χ1v) is 7.25. The molecule has 2 rings (SSSR count). The van der Waals surface area contributed by atoms with Crippen molar-refractivity contribution in [2.45, 2.75) is 40.0 Å². The summed E-state index contributed by atoms with van der Waals surface area (Å²) >= 11 is 0. The summed E-state index contributed by atoms with van der Waals surface area (Å²) in [5.74, 6) is 2.48. The molecular weight excluding hydrogens is 234 g/mol. The highest BCUT2D eigenvalue weighted by molar-refractivity contribution is 5.75. The largest absolute Gasteiger partial charge is 0.342 e. The van der Waals surface area contributed by atoms with E-state index >= 15 is 0 Å². The van der Waals surface area contributed by atoms with Crippen molar-refractivity contribution in [3.05, 3.63) is 29.6 Å². The number of imidazole rings is 1. The minimum atomic E-state index is 0.690. The second kappa shape index (κ2) is 6.20. The van der Waals surface area contributed by atoms with Crippen molar-refractivity contribution in [1.82, 2.24) is 9.97 Å². The Hall–Kier alpha value is -1.35. The Morgan fingerprint density at radius 2 is 2.05 bits per heavy atom. The summed E-state index contributed by atoms with van der Waals surface area (Å²) in [5.41, 5.74) is 9.18. The van der Waals surface area contributed by atoms with Crippen LogP contribution in [0.15, 0.2) is 18.2 Å². The van der Waals surface area contributed by atoms with Crippen molar-refractivity contribution in [3.63, 3.8) is 0 Å². The van der Waals surface area contributed by atoms with Crippen LogP contribution in [0, 0.1) is 18.8 Å². The fourth-order valence-electron chi connectivity index (χ4n) is 2.64. The van der Waals surface area contributed by atoms with Crippen molar-refractivity contribution in [2.75, 3.05) is 6.54 Å². The molecule has 0 radical (unpaired) electrons. The smallest absolute Gasteiger partial charge is 0.107 e. The molecule has 2 aromatic rings. The van der Waals surface area contributed by atoms with E-state index < -0.39 is 0 Å². The number of aromatic nitrogens is 2. The van der Waals surface area contributed by atoms with E-state index in [2.05, 4.69) is 48.9 Å². The third kappa shape index (κ3) is 3.57. The Morgan fingerprint density at radius 3 is 2.74 bits per heavy atom. The summed E-state index contributed by atoms with van der Waals surface area (Å²) in [7, 11) is 0. The van der Waals surface area contributed by atoms with Crippen LogP contribution in [0.2, 0.25) is 0 Å². The zero-order valence-corrected chi connectivity index (χ0v) is 12.2. The Morgan fingerprint density at radius 1 is 1.26 bits per heavy atom. The van der Waals surface area contributed by atoms with Gasteiger partial charge in [-0.15, -0.1) is 0 Å². The molecule has 0 spiro atoms. The first-order chi connectivity index (χ1) is 9.10. The number of H-pyrrole nitrogens is 1. The molecule has 19 heavy (non-hydrogen) atoms. The van der Waals surface area contributed by atoms with Crippen LogP contribution in [0.1, 0.15) is 38.1 Å². The van der Waals surface area contributed by atoms with Crippen LogP contribution in [0.3, 0.4) is 0 Å². The lowest BCUT2D eigenvalue weighted by Gasteiger charge is -2.19. The molecule has 0 aliphatic carbocycles. The normalized spacial score (nSPS) is 13.3. The number of nitrogens with two attached hydrogens (primary N) is 1. The molecule has 1 aromatic heterocycles. The van der Waals surface area contributed by atoms with E-state index in [0.717, 1.165) is 42.7 Å². The summed E-state index contributed by atoms with van der Waals surface area (Å²) in [5, 5.41) is 0. The molecule has 3 N–H and O–H groups in total. The number of aryl methyl sites for hydroxylation is 2. The lowest BCUT2D eigenvalue weighted by molar-refractivity contribution is 0.339. The van der Waals surface area contributed by atoms with Crippen LogP contribution < -0.4 is 5.73 Å². The average Bonchev–Trinajstić information content (AvgIpc) is 2.75. The second-order valence-corrected chi connectivity index (χ2v) is 5.82. The maximum Gasteiger partial charge on any atom is 0.107 e. The van der Waals surface area contributed by atoms with Gasteiger partial charge < -0.3 is 10.7 Å². The first-order valence-electron chi connectivity index (χ1n) is 7.25. The van der Waals surface area contributed by atoms with Crippen LogP contribution >= 0.6 is 0 Å². The van der Waals surface area contributed by atoms with Crippen LogP contribution in [0.5, 0.6) is 0 Å². The van der Waals surface area contributed by atoms with E-state index in [9.17, 15) is 0 Å². The van der Waals surface area contributed by atoms with E-state index in [0.29, 0.717) is 11.8 Å². The molecule has 1 aromatic carbocycles. The van der Waals surface area contributed by atoms with Crippen molar-refractivity contribution < 1.29 is 0 Å². The predicted molar refractivity (Wildman–Crippen MR) is 81.2 cm³/mol. The summed E-state index contributed by atoms with van der Waals surface area (Å²) in [6, 6.07) is 6.36. The van der Waals surface area contributed by atoms with Gasteiger partial charge in [0.1, 0.15) is 5.82 Å². The van der Waals surface area contributed by atoms with Gasteiger partial charge in [-0.05, 0) is 55.8 Å². The molecule has 0 saturated heterocycles. The molecule has 0 bridgehead atoms. The SMILES string of the molecule is Cc1ccc2nc(CCC(CCN)C(C)C)[nH]c2c1. The lowest BCUT2D eigenvalue weighted by atomic mass is 9.88. The molecule has 0 amide bonds. The maximum atomic E-state index is 5.69. The topological polar surface area (TPSA) is 54.7 Å². The average molecular weight is 259 g/mol. The van der Waals surface area contributed by atoms with E-state index in [4.69, 9.17) is 5.73 Å². The first kappa shape index (κ1) is 14.1. The Labute approximate surface area is 115 Å². The number of benzene rings is 1. The van der Waals surface area contributed by atoms with Crippen LogP contribution in [0.4, 0.5) is 0 Å². The van der Waals surface area contributed by atoms with Gasteiger partial charge in [-0.3, -0.25) is 0 Å². The summed E-state index contributed by atoms with van der Waals surface area (Å²) in [6.07, 6.45) is 3.28. The third-order valence-corrected chi connectivity index (χ3v) is 3.92. The maximum absolute atomic E-state index is 5.69. The summed E-state index contributed by atoms with van der Waals surface area (Å²) in [6.45, 7) is 7.45. The summed E-state index contributed by atoms with van der Waals surface area (Å²) in [4.78, 5) is 8.09. The quantitative estimate of drug-likeness (QED) is 0.835. The van der Waals surface area contributed by atoms with Crippen LogP contribution in [0.25, 0.3) is 11.0 Å². The molecule has 0 saturated carbocycles. The molecule has 1 heterocycles. The highest BCUT2D eigenvalue weighted by atomic mass is 14.9. The number of nitrogens with zero attached hydrogens (tertiary/aromatic N) is 1. The predicted octanol–water partition coefficient (Wildman–Crippen LogP) is 3.42. The fourth-order valence-corrected chi connectivity index (χ4v) is 2.64. The number of hydrogen-bond donors (Lipinski definition) is 2. The van der Waals surface area contributed by atoms with E-state index in [1.807, 2.05) is 0 Å².